The van der Waals surface area contributed by atoms with Crippen molar-refractivity contribution in [3.05, 3.63) is 63.4 Å². The van der Waals surface area contributed by atoms with Gasteiger partial charge in [0.2, 0.25) is 0 Å². The highest BCUT2D eigenvalue weighted by atomic mass is 35.5. The molecule has 2 aromatic carbocycles. The van der Waals surface area contributed by atoms with Crippen molar-refractivity contribution in [1.82, 2.24) is 0 Å². The van der Waals surface area contributed by atoms with E-state index in [1.807, 2.05) is 0 Å². The largest absolute Gasteiger partial charge is 0.409 e. The Kier molecular flexibility index (Phi) is 4.88. The summed E-state index contributed by atoms with van der Waals surface area (Å²) in [6.45, 7) is 0.179. The zero-order valence-electron chi connectivity index (χ0n) is 10.8. The second-order valence-corrected chi connectivity index (χ2v) is 5.09. The van der Waals surface area contributed by atoms with Crippen LogP contribution in [0.3, 0.4) is 0 Å². The van der Waals surface area contributed by atoms with Gasteiger partial charge in [0, 0.05) is 17.1 Å². The van der Waals surface area contributed by atoms with E-state index in [9.17, 15) is 4.39 Å². The fraction of sp³-hybridized carbons (Fsp3) is 0.0714. The molecule has 0 bridgehead atoms. The zero-order valence-corrected chi connectivity index (χ0v) is 12.3. The van der Waals surface area contributed by atoms with Crippen molar-refractivity contribution in [3.63, 3.8) is 0 Å². The van der Waals surface area contributed by atoms with E-state index in [4.69, 9.17) is 34.1 Å². The summed E-state index contributed by atoms with van der Waals surface area (Å²) >= 11 is 11.9. The van der Waals surface area contributed by atoms with E-state index in [0.717, 1.165) is 0 Å². The van der Waals surface area contributed by atoms with Gasteiger partial charge in [0.25, 0.3) is 0 Å². The molecule has 0 aliphatic heterocycles. The van der Waals surface area contributed by atoms with Gasteiger partial charge in [0.1, 0.15) is 5.82 Å². The number of oxime groups is 1. The summed E-state index contributed by atoms with van der Waals surface area (Å²) in [7, 11) is 0. The number of amidine groups is 1. The quantitative estimate of drug-likeness (QED) is 0.346. The minimum atomic E-state index is -0.557. The topological polar surface area (TPSA) is 70.6 Å². The minimum Gasteiger partial charge on any atom is -0.409 e. The lowest BCUT2D eigenvalue weighted by atomic mass is 10.1. The SMILES string of the molecule is N/C(=N/O)c1cccc(CNc2cc(Cl)ccc2Cl)c1F. The number of rotatable bonds is 4. The van der Waals surface area contributed by atoms with Crippen LogP contribution in [-0.2, 0) is 6.54 Å². The predicted molar refractivity (Wildman–Crippen MR) is 82.7 cm³/mol. The molecule has 21 heavy (non-hydrogen) atoms. The Bertz CT molecular complexity index is 692. The van der Waals surface area contributed by atoms with Crippen LogP contribution in [-0.4, -0.2) is 11.0 Å². The molecule has 7 heteroatoms. The van der Waals surface area contributed by atoms with E-state index in [2.05, 4.69) is 10.5 Å². The monoisotopic (exact) mass is 327 g/mol. The van der Waals surface area contributed by atoms with Crippen LogP contribution in [0.5, 0.6) is 0 Å². The maximum atomic E-state index is 14.2. The molecule has 0 aromatic heterocycles. The van der Waals surface area contributed by atoms with Gasteiger partial charge in [-0.15, -0.1) is 0 Å². The molecule has 0 spiro atoms. The molecule has 0 amide bonds. The van der Waals surface area contributed by atoms with Gasteiger partial charge in [0.05, 0.1) is 16.3 Å². The molecule has 2 aromatic rings. The van der Waals surface area contributed by atoms with Crippen molar-refractivity contribution in [1.29, 1.82) is 0 Å². The molecule has 0 unspecified atom stereocenters. The number of anilines is 1. The van der Waals surface area contributed by atoms with Gasteiger partial charge in [-0.2, -0.15) is 0 Å². The second-order valence-electron chi connectivity index (χ2n) is 4.24. The van der Waals surface area contributed by atoms with Crippen molar-refractivity contribution in [2.75, 3.05) is 5.32 Å². The summed E-state index contributed by atoms with van der Waals surface area (Å²) in [5, 5.41) is 15.4. The number of hydrogen-bond acceptors (Lipinski definition) is 3. The van der Waals surface area contributed by atoms with Gasteiger partial charge in [-0.25, -0.2) is 4.39 Å². The Hall–Kier alpha value is -1.98. The zero-order chi connectivity index (χ0) is 15.4. The Balaban J connectivity index is 2.23. The van der Waals surface area contributed by atoms with Crippen molar-refractivity contribution in [2.24, 2.45) is 10.9 Å². The predicted octanol–water partition coefficient (Wildman–Crippen LogP) is 3.84. The lowest BCUT2D eigenvalue weighted by Gasteiger charge is -2.11. The smallest absolute Gasteiger partial charge is 0.173 e. The molecular weight excluding hydrogens is 316 g/mol. The van der Waals surface area contributed by atoms with Gasteiger partial charge >= 0.3 is 0 Å². The lowest BCUT2D eigenvalue weighted by Crippen LogP contribution is -2.16. The first-order chi connectivity index (χ1) is 10.0. The summed E-state index contributed by atoms with van der Waals surface area (Å²) in [5.41, 5.74) is 6.40. The first-order valence-electron chi connectivity index (χ1n) is 5.97. The molecule has 4 nitrogen and oxygen atoms in total. The average Bonchev–Trinajstić information content (AvgIpc) is 2.48. The molecule has 110 valence electrons. The van der Waals surface area contributed by atoms with E-state index >= 15 is 0 Å². The molecule has 0 aliphatic rings. The Morgan fingerprint density at radius 2 is 2.05 bits per heavy atom. The van der Waals surface area contributed by atoms with E-state index in [0.29, 0.717) is 21.3 Å². The molecule has 0 atom stereocenters. The summed E-state index contributed by atoms with van der Waals surface area (Å²) in [6, 6.07) is 9.60. The maximum Gasteiger partial charge on any atom is 0.173 e. The molecule has 2 rings (SSSR count). The van der Waals surface area contributed by atoms with Crippen molar-refractivity contribution < 1.29 is 9.60 Å². The standard InChI is InChI=1S/C14H12Cl2FN3O/c15-9-4-5-11(16)12(6-9)19-7-8-2-1-3-10(13(8)17)14(18)20-21/h1-6,19,21H,7H2,(H2,18,20). The van der Waals surface area contributed by atoms with E-state index in [1.54, 1.807) is 30.3 Å². The summed E-state index contributed by atoms with van der Waals surface area (Å²) in [4.78, 5) is 0. The third-order valence-electron chi connectivity index (χ3n) is 2.86. The Labute approximate surface area is 131 Å². The summed E-state index contributed by atoms with van der Waals surface area (Å²) < 4.78 is 14.2. The molecular formula is C14H12Cl2FN3O. The number of halogens is 3. The Morgan fingerprint density at radius 3 is 2.76 bits per heavy atom. The van der Waals surface area contributed by atoms with Gasteiger partial charge in [-0.1, -0.05) is 40.5 Å². The first kappa shape index (κ1) is 15.4. The summed E-state index contributed by atoms with van der Waals surface area (Å²) in [5.74, 6) is -0.839. The fourth-order valence-corrected chi connectivity index (χ4v) is 2.15. The second kappa shape index (κ2) is 6.65. The first-order valence-corrected chi connectivity index (χ1v) is 6.72. The van der Waals surface area contributed by atoms with Crippen LogP contribution in [0.2, 0.25) is 10.0 Å². The molecule has 0 saturated carbocycles. The van der Waals surface area contributed by atoms with Crippen LogP contribution in [0.4, 0.5) is 10.1 Å². The van der Waals surface area contributed by atoms with Crippen LogP contribution in [0.15, 0.2) is 41.6 Å². The number of nitrogens with two attached hydrogens (primary N) is 1. The van der Waals surface area contributed by atoms with Crippen LogP contribution >= 0.6 is 23.2 Å². The maximum absolute atomic E-state index is 14.2. The molecule has 0 fully saturated rings. The molecule has 0 aliphatic carbocycles. The third kappa shape index (κ3) is 3.56. The van der Waals surface area contributed by atoms with Crippen molar-refractivity contribution in [2.45, 2.75) is 6.54 Å². The lowest BCUT2D eigenvalue weighted by molar-refractivity contribution is 0.318. The van der Waals surface area contributed by atoms with Crippen molar-refractivity contribution >= 4 is 34.7 Å². The van der Waals surface area contributed by atoms with Gasteiger partial charge in [-0.05, 0) is 24.3 Å². The molecule has 0 heterocycles. The highest BCUT2D eigenvalue weighted by molar-refractivity contribution is 6.35. The Morgan fingerprint density at radius 1 is 1.29 bits per heavy atom. The van der Waals surface area contributed by atoms with Crippen molar-refractivity contribution in [3.8, 4) is 0 Å². The fourth-order valence-electron chi connectivity index (χ4n) is 1.79. The van der Waals surface area contributed by atoms with Crippen LogP contribution in [0, 0.1) is 5.82 Å². The van der Waals surface area contributed by atoms with Crippen LogP contribution < -0.4 is 11.1 Å². The average molecular weight is 328 g/mol. The molecule has 0 saturated heterocycles. The number of benzene rings is 2. The van der Waals surface area contributed by atoms with E-state index in [1.165, 1.54) is 6.07 Å². The van der Waals surface area contributed by atoms with E-state index < -0.39 is 5.82 Å². The van der Waals surface area contributed by atoms with Crippen LogP contribution in [0.1, 0.15) is 11.1 Å². The van der Waals surface area contributed by atoms with Gasteiger partial charge < -0.3 is 16.3 Å². The number of hydrogen-bond donors (Lipinski definition) is 3. The molecule has 4 N–H and O–H groups in total. The highest BCUT2D eigenvalue weighted by Crippen LogP contribution is 2.26. The van der Waals surface area contributed by atoms with Gasteiger partial charge in [0.15, 0.2) is 5.84 Å². The minimum absolute atomic E-state index is 0.0361. The van der Waals surface area contributed by atoms with Crippen LogP contribution in [0.25, 0.3) is 0 Å². The number of nitrogens with zero attached hydrogens (tertiary/aromatic N) is 1. The van der Waals surface area contributed by atoms with E-state index in [-0.39, 0.29) is 17.9 Å². The summed E-state index contributed by atoms with van der Waals surface area (Å²) in [6.07, 6.45) is 0. The third-order valence-corrected chi connectivity index (χ3v) is 3.42. The van der Waals surface area contributed by atoms with Gasteiger partial charge in [-0.3, -0.25) is 0 Å². The highest BCUT2D eigenvalue weighted by Gasteiger charge is 2.11. The normalized spacial score (nSPS) is 11.5. The number of nitrogens with one attached hydrogen (secondary N) is 1. The molecule has 0 radical (unpaired) electrons.